The topological polar surface area (TPSA) is 24.5 Å². The Labute approximate surface area is 87.1 Å². The molecule has 82 valence electrons. The molecule has 0 aromatic carbocycles. The summed E-state index contributed by atoms with van der Waals surface area (Å²) in [4.78, 5) is 2.34. The lowest BCUT2D eigenvalue weighted by Crippen LogP contribution is -2.38. The summed E-state index contributed by atoms with van der Waals surface area (Å²) in [6.07, 6.45) is 0. The lowest BCUT2D eigenvalue weighted by molar-refractivity contribution is 0.120. The summed E-state index contributed by atoms with van der Waals surface area (Å²) >= 11 is 0. The van der Waals surface area contributed by atoms with Gasteiger partial charge in [-0.2, -0.15) is 0 Å². The number of hydrogen-bond donors (Lipinski definition) is 1. The van der Waals surface area contributed by atoms with Crippen molar-refractivity contribution in [3.8, 4) is 0 Å². The Morgan fingerprint density at radius 3 is 2.64 bits per heavy atom. The smallest absolute Gasteiger partial charge is 0.0615 e. The first-order valence-corrected chi connectivity index (χ1v) is 5.22. The molecule has 3 heteroatoms. The number of methoxy groups -OCH3 is 1. The molecular weight excluding hydrogens is 176 g/mol. The number of nitrogens with one attached hydrogen (secondary N) is 1. The summed E-state index contributed by atoms with van der Waals surface area (Å²) in [7, 11) is 3.91. The van der Waals surface area contributed by atoms with E-state index in [1.807, 2.05) is 0 Å². The summed E-state index contributed by atoms with van der Waals surface area (Å²) in [6.45, 7) is 8.45. The van der Waals surface area contributed by atoms with E-state index in [9.17, 15) is 0 Å². The van der Waals surface area contributed by atoms with Crippen molar-refractivity contribution in [2.75, 3.05) is 40.4 Å². The van der Waals surface area contributed by atoms with Gasteiger partial charge in [-0.05, 0) is 26.5 Å². The highest BCUT2D eigenvalue weighted by molar-refractivity contribution is 5.22. The number of nitrogens with zero attached hydrogens (tertiary/aromatic N) is 1. The van der Waals surface area contributed by atoms with Crippen LogP contribution in [0.15, 0.2) is 11.1 Å². The van der Waals surface area contributed by atoms with Crippen molar-refractivity contribution in [3.05, 3.63) is 11.1 Å². The summed E-state index contributed by atoms with van der Waals surface area (Å²) in [5.41, 5.74) is 3.08. The molecule has 0 aromatic rings. The van der Waals surface area contributed by atoms with Crippen LogP contribution in [0.2, 0.25) is 0 Å². The van der Waals surface area contributed by atoms with Crippen molar-refractivity contribution in [2.24, 2.45) is 0 Å². The van der Waals surface area contributed by atoms with Crippen molar-refractivity contribution in [2.45, 2.75) is 19.9 Å². The monoisotopic (exact) mass is 198 g/mol. The summed E-state index contributed by atoms with van der Waals surface area (Å²) in [5.74, 6) is 0. The molecule has 1 rings (SSSR count). The van der Waals surface area contributed by atoms with Crippen molar-refractivity contribution in [1.82, 2.24) is 10.2 Å². The number of likely N-dealkylation sites (N-methyl/N-ethyl adjacent to an activating group) is 1. The van der Waals surface area contributed by atoms with Crippen molar-refractivity contribution < 1.29 is 4.74 Å². The van der Waals surface area contributed by atoms with Gasteiger partial charge in [0.25, 0.3) is 0 Å². The normalized spacial score (nSPS) is 18.2. The molecule has 1 atom stereocenters. The number of rotatable bonds is 5. The lowest BCUT2D eigenvalue weighted by atomic mass is 10.0. The Balaban J connectivity index is 2.35. The third-order valence-corrected chi connectivity index (χ3v) is 2.93. The van der Waals surface area contributed by atoms with Crippen LogP contribution in [0.1, 0.15) is 13.8 Å². The highest BCUT2D eigenvalue weighted by Gasteiger charge is 2.14. The van der Waals surface area contributed by atoms with Crippen LogP contribution in [0.25, 0.3) is 0 Å². The first-order valence-electron chi connectivity index (χ1n) is 5.22. The van der Waals surface area contributed by atoms with Gasteiger partial charge in [0.15, 0.2) is 0 Å². The second-order valence-electron chi connectivity index (χ2n) is 4.21. The van der Waals surface area contributed by atoms with Crippen LogP contribution in [-0.2, 0) is 4.74 Å². The third kappa shape index (κ3) is 3.08. The standard InChI is InChI=1S/C11H22N2O/c1-9(11-5-12-6-11)7-13(3)10(2)8-14-4/h10,12H,5-8H2,1-4H3. The molecule has 1 fully saturated rings. The molecule has 3 nitrogen and oxygen atoms in total. The molecule has 1 heterocycles. The van der Waals surface area contributed by atoms with E-state index >= 15 is 0 Å². The average Bonchev–Trinajstić information content (AvgIpc) is 2.00. The van der Waals surface area contributed by atoms with E-state index in [2.05, 4.69) is 31.1 Å². The zero-order valence-electron chi connectivity index (χ0n) is 9.76. The molecule has 1 aliphatic rings. The Bertz CT molecular complexity index is 207. The molecule has 1 saturated heterocycles. The van der Waals surface area contributed by atoms with Crippen molar-refractivity contribution in [3.63, 3.8) is 0 Å². The first-order chi connectivity index (χ1) is 6.65. The molecule has 0 spiro atoms. The average molecular weight is 198 g/mol. The molecule has 0 bridgehead atoms. The van der Waals surface area contributed by atoms with Crippen LogP contribution >= 0.6 is 0 Å². The minimum atomic E-state index is 0.489. The number of hydrogen-bond acceptors (Lipinski definition) is 3. The molecule has 1 unspecified atom stereocenters. The van der Waals surface area contributed by atoms with Gasteiger partial charge in [0, 0.05) is 32.8 Å². The fourth-order valence-corrected chi connectivity index (χ4v) is 1.56. The van der Waals surface area contributed by atoms with Gasteiger partial charge in [-0.15, -0.1) is 0 Å². The molecule has 14 heavy (non-hydrogen) atoms. The second-order valence-corrected chi connectivity index (χ2v) is 4.21. The zero-order valence-corrected chi connectivity index (χ0v) is 9.76. The highest BCUT2D eigenvalue weighted by atomic mass is 16.5. The number of ether oxygens (including phenoxy) is 1. The van der Waals surface area contributed by atoms with E-state index in [-0.39, 0.29) is 0 Å². The van der Waals surface area contributed by atoms with Crippen LogP contribution in [0.4, 0.5) is 0 Å². The Morgan fingerprint density at radius 2 is 2.21 bits per heavy atom. The van der Waals surface area contributed by atoms with Gasteiger partial charge >= 0.3 is 0 Å². The second kappa shape index (κ2) is 5.49. The predicted molar refractivity (Wildman–Crippen MR) is 59.5 cm³/mol. The van der Waals surface area contributed by atoms with Crippen LogP contribution in [0.5, 0.6) is 0 Å². The van der Waals surface area contributed by atoms with E-state index in [1.165, 1.54) is 5.57 Å². The van der Waals surface area contributed by atoms with Crippen LogP contribution in [0.3, 0.4) is 0 Å². The molecule has 1 aliphatic heterocycles. The van der Waals surface area contributed by atoms with Crippen LogP contribution < -0.4 is 5.32 Å². The van der Waals surface area contributed by atoms with Gasteiger partial charge in [0.05, 0.1) is 6.61 Å². The first kappa shape index (κ1) is 11.7. The molecule has 0 saturated carbocycles. The Hall–Kier alpha value is -0.380. The minimum Gasteiger partial charge on any atom is -0.383 e. The van der Waals surface area contributed by atoms with Gasteiger partial charge in [0.2, 0.25) is 0 Å². The van der Waals surface area contributed by atoms with Gasteiger partial charge in [-0.25, -0.2) is 0 Å². The van der Waals surface area contributed by atoms with Crippen molar-refractivity contribution in [1.29, 1.82) is 0 Å². The molecule has 0 radical (unpaired) electrons. The van der Waals surface area contributed by atoms with E-state index < -0.39 is 0 Å². The predicted octanol–water partition coefficient (Wildman–Crippen LogP) is 0.873. The maximum atomic E-state index is 5.14. The SMILES string of the molecule is COCC(C)N(C)CC(C)=C1CNC1. The maximum Gasteiger partial charge on any atom is 0.0615 e. The molecule has 1 N–H and O–H groups in total. The minimum absolute atomic E-state index is 0.489. The van der Waals surface area contributed by atoms with E-state index in [0.717, 1.165) is 26.2 Å². The van der Waals surface area contributed by atoms with Crippen LogP contribution in [0, 0.1) is 0 Å². The summed E-state index contributed by atoms with van der Waals surface area (Å²) < 4.78 is 5.14. The molecule has 0 amide bonds. The Morgan fingerprint density at radius 1 is 1.57 bits per heavy atom. The van der Waals surface area contributed by atoms with E-state index in [0.29, 0.717) is 6.04 Å². The van der Waals surface area contributed by atoms with Gasteiger partial charge < -0.3 is 10.1 Å². The quantitative estimate of drug-likeness (QED) is 0.664. The molecule has 0 aliphatic carbocycles. The fourth-order valence-electron chi connectivity index (χ4n) is 1.56. The summed E-state index contributed by atoms with van der Waals surface area (Å²) in [6, 6.07) is 0.489. The largest absolute Gasteiger partial charge is 0.383 e. The third-order valence-electron chi connectivity index (χ3n) is 2.93. The van der Waals surface area contributed by atoms with E-state index in [4.69, 9.17) is 4.74 Å². The van der Waals surface area contributed by atoms with Crippen molar-refractivity contribution >= 4 is 0 Å². The molecular formula is C11H22N2O. The molecule has 0 aromatic heterocycles. The van der Waals surface area contributed by atoms with Crippen LogP contribution in [-0.4, -0.2) is 51.3 Å². The van der Waals surface area contributed by atoms with Gasteiger partial charge in [0.1, 0.15) is 0 Å². The van der Waals surface area contributed by atoms with Gasteiger partial charge in [-0.3, -0.25) is 4.90 Å². The van der Waals surface area contributed by atoms with Gasteiger partial charge in [-0.1, -0.05) is 5.57 Å². The zero-order chi connectivity index (χ0) is 10.6. The van der Waals surface area contributed by atoms with E-state index in [1.54, 1.807) is 12.7 Å². The summed E-state index contributed by atoms with van der Waals surface area (Å²) in [5, 5.41) is 3.27. The highest BCUT2D eigenvalue weighted by Crippen LogP contribution is 2.10. The maximum absolute atomic E-state index is 5.14. The lowest BCUT2D eigenvalue weighted by Gasteiger charge is -2.28. The fraction of sp³-hybridized carbons (Fsp3) is 0.818. The Kier molecular flexibility index (Phi) is 4.58.